The van der Waals surface area contributed by atoms with Crippen LogP contribution in [0.15, 0.2) is 121 Å². The van der Waals surface area contributed by atoms with Gasteiger partial charge < -0.3 is 28.4 Å². The molecule has 0 heterocycles. The van der Waals surface area contributed by atoms with Crippen molar-refractivity contribution < 1.29 is 56.4 Å². The van der Waals surface area contributed by atoms with Crippen LogP contribution in [0.3, 0.4) is 0 Å². The molecule has 54 heavy (non-hydrogen) atoms. The second kappa shape index (κ2) is 16.5. The predicted octanol–water partition coefficient (Wildman–Crippen LogP) is 8.79. The van der Waals surface area contributed by atoms with E-state index in [1.165, 1.54) is 60.7 Å². The quantitative estimate of drug-likeness (QED) is 0.0891. The third-order valence-electron chi connectivity index (χ3n) is 7.75. The van der Waals surface area contributed by atoms with E-state index in [0.29, 0.717) is 35.5 Å². The van der Waals surface area contributed by atoms with Crippen molar-refractivity contribution in [1.82, 2.24) is 0 Å². The van der Waals surface area contributed by atoms with Crippen molar-refractivity contribution in [2.75, 3.05) is 13.2 Å². The first kappa shape index (κ1) is 36.7. The third kappa shape index (κ3) is 8.86. The number of carbonyl (C=O) groups is 4. The van der Waals surface area contributed by atoms with E-state index in [2.05, 4.69) is 0 Å². The number of hydrogen-bond donors (Lipinski definition) is 0. The van der Waals surface area contributed by atoms with Crippen molar-refractivity contribution in [3.05, 3.63) is 155 Å². The van der Waals surface area contributed by atoms with Gasteiger partial charge in [-0.2, -0.15) is 0 Å². The summed E-state index contributed by atoms with van der Waals surface area (Å²) in [6.07, 6.45) is 0. The fourth-order valence-corrected chi connectivity index (χ4v) is 5.11. The summed E-state index contributed by atoms with van der Waals surface area (Å²) in [5.41, 5.74) is 0.0835. The molecule has 0 fully saturated rings. The third-order valence-corrected chi connectivity index (χ3v) is 7.75. The molecule has 10 nitrogen and oxygen atoms in total. The van der Waals surface area contributed by atoms with Gasteiger partial charge in [-0.05, 0) is 134 Å². The minimum atomic E-state index is -0.951. The first-order chi connectivity index (χ1) is 26.1. The number of benzene rings is 6. The van der Waals surface area contributed by atoms with Crippen molar-refractivity contribution in [2.24, 2.45) is 0 Å². The molecule has 0 aliphatic heterocycles. The minimum Gasteiger partial charge on any atom is -0.494 e. The summed E-state index contributed by atoms with van der Waals surface area (Å²) < 4.78 is 61.7. The van der Waals surface area contributed by atoms with Crippen molar-refractivity contribution in [2.45, 2.75) is 13.8 Å². The molecule has 0 radical (unpaired) electrons. The zero-order chi connectivity index (χ0) is 38.2. The molecule has 0 N–H and O–H groups in total. The molecule has 12 heteroatoms. The molecule has 6 aromatic carbocycles. The molecule has 272 valence electrons. The zero-order valence-electron chi connectivity index (χ0n) is 28.8. The molecular weight excluding hydrogens is 702 g/mol. The predicted molar refractivity (Wildman–Crippen MR) is 192 cm³/mol. The molecule has 0 spiro atoms. The zero-order valence-corrected chi connectivity index (χ0v) is 28.8. The van der Waals surface area contributed by atoms with Crippen LogP contribution >= 0.6 is 0 Å². The summed E-state index contributed by atoms with van der Waals surface area (Å²) in [7, 11) is 0. The summed E-state index contributed by atoms with van der Waals surface area (Å²) >= 11 is 0. The Balaban J connectivity index is 1.07. The van der Waals surface area contributed by atoms with Crippen LogP contribution in [0.25, 0.3) is 10.8 Å². The molecule has 0 saturated heterocycles. The topological polar surface area (TPSA) is 124 Å². The second-order valence-corrected chi connectivity index (χ2v) is 11.4. The van der Waals surface area contributed by atoms with Gasteiger partial charge in [0.25, 0.3) is 0 Å². The summed E-state index contributed by atoms with van der Waals surface area (Å²) in [5.74, 6) is -4.64. The molecule has 0 aliphatic carbocycles. The highest BCUT2D eigenvalue weighted by atomic mass is 19.1. The summed E-state index contributed by atoms with van der Waals surface area (Å²) in [6.45, 7) is 4.57. The van der Waals surface area contributed by atoms with Gasteiger partial charge in [-0.25, -0.2) is 28.0 Å². The van der Waals surface area contributed by atoms with Gasteiger partial charge in [-0.1, -0.05) is 12.1 Å². The maximum Gasteiger partial charge on any atom is 0.343 e. The Bertz CT molecular complexity index is 2190. The average molecular weight is 733 g/mol. The lowest BCUT2D eigenvalue weighted by Gasteiger charge is -2.10. The highest BCUT2D eigenvalue weighted by molar-refractivity contribution is 5.95. The molecule has 0 bridgehead atoms. The van der Waals surface area contributed by atoms with Crippen LogP contribution in [0.5, 0.6) is 34.5 Å². The lowest BCUT2D eigenvalue weighted by atomic mass is 10.1. The number of hydrogen-bond acceptors (Lipinski definition) is 10. The normalized spacial score (nSPS) is 10.7. The number of halogens is 2. The second-order valence-electron chi connectivity index (χ2n) is 11.4. The standard InChI is InChI=1S/C42H30F2O10/c1-3-49-31-13-7-26(8-14-31)39(45)53-37-19-11-28(23-35(37)43)41(47)51-33-17-5-25-6-18-34(22-30(25)21-33)52-42(48)29-12-20-38(36(44)24-29)54-40(46)27-9-15-32(16-10-27)50-4-2/h5-24H,3-4H2,1-2H3. The Kier molecular flexibility index (Phi) is 11.2. The Morgan fingerprint density at radius 3 is 1.13 bits per heavy atom. The fourth-order valence-electron chi connectivity index (χ4n) is 5.11. The van der Waals surface area contributed by atoms with E-state index < -0.39 is 35.5 Å². The van der Waals surface area contributed by atoms with E-state index in [0.717, 1.165) is 24.3 Å². The highest BCUT2D eigenvalue weighted by Crippen LogP contribution is 2.28. The Labute approximate surface area is 307 Å². The smallest absolute Gasteiger partial charge is 0.343 e. The van der Waals surface area contributed by atoms with Crippen LogP contribution in [0.2, 0.25) is 0 Å². The van der Waals surface area contributed by atoms with E-state index in [4.69, 9.17) is 28.4 Å². The SMILES string of the molecule is CCOc1ccc(C(=O)Oc2ccc(C(=O)Oc3ccc4ccc(OC(=O)c5ccc(OC(=O)c6ccc(OCC)cc6)c(F)c5)cc4c3)cc2F)cc1. The lowest BCUT2D eigenvalue weighted by molar-refractivity contribution is 0.0714. The Hall–Kier alpha value is -7.08. The van der Waals surface area contributed by atoms with Gasteiger partial charge in [0, 0.05) is 0 Å². The largest absolute Gasteiger partial charge is 0.494 e. The molecule has 6 aromatic rings. The average Bonchev–Trinajstić information content (AvgIpc) is 3.17. The summed E-state index contributed by atoms with van der Waals surface area (Å²) in [4.78, 5) is 50.8. The molecular formula is C42H30F2O10. The van der Waals surface area contributed by atoms with E-state index in [9.17, 15) is 28.0 Å². The molecule has 0 saturated carbocycles. The first-order valence-electron chi connectivity index (χ1n) is 16.6. The van der Waals surface area contributed by atoms with Crippen LogP contribution in [0.1, 0.15) is 55.3 Å². The maximum atomic E-state index is 14.9. The van der Waals surface area contributed by atoms with Crippen LogP contribution in [0.4, 0.5) is 8.78 Å². The summed E-state index contributed by atoms with van der Waals surface area (Å²) in [5, 5.41) is 1.24. The van der Waals surface area contributed by atoms with Crippen molar-refractivity contribution in [1.29, 1.82) is 0 Å². The van der Waals surface area contributed by atoms with Crippen LogP contribution in [-0.4, -0.2) is 37.1 Å². The Morgan fingerprint density at radius 2 is 0.759 bits per heavy atom. The minimum absolute atomic E-state index is 0.111. The van der Waals surface area contributed by atoms with Crippen LogP contribution < -0.4 is 28.4 Å². The number of rotatable bonds is 12. The van der Waals surface area contributed by atoms with Gasteiger partial charge in [-0.3, -0.25) is 0 Å². The number of ether oxygens (including phenoxy) is 6. The number of fused-ring (bicyclic) bond motifs is 1. The molecule has 0 atom stereocenters. The molecule has 0 amide bonds. The monoisotopic (exact) mass is 732 g/mol. The molecule has 0 aromatic heterocycles. The van der Waals surface area contributed by atoms with Crippen LogP contribution in [-0.2, 0) is 0 Å². The Morgan fingerprint density at radius 1 is 0.407 bits per heavy atom. The fraction of sp³-hybridized carbons (Fsp3) is 0.0952. The van der Waals surface area contributed by atoms with Gasteiger partial charge in [0.1, 0.15) is 23.0 Å². The van der Waals surface area contributed by atoms with Crippen LogP contribution in [0, 0.1) is 11.6 Å². The highest BCUT2D eigenvalue weighted by Gasteiger charge is 2.19. The first-order valence-corrected chi connectivity index (χ1v) is 16.6. The number of esters is 4. The van der Waals surface area contributed by atoms with Gasteiger partial charge >= 0.3 is 23.9 Å². The van der Waals surface area contributed by atoms with E-state index in [-0.39, 0.29) is 45.3 Å². The summed E-state index contributed by atoms with van der Waals surface area (Å²) in [6, 6.07) is 28.3. The van der Waals surface area contributed by atoms with Gasteiger partial charge in [0.15, 0.2) is 23.1 Å². The van der Waals surface area contributed by atoms with E-state index in [1.807, 2.05) is 13.8 Å². The molecule has 0 aliphatic rings. The van der Waals surface area contributed by atoms with Crippen molar-refractivity contribution in [3.63, 3.8) is 0 Å². The maximum absolute atomic E-state index is 14.9. The van der Waals surface area contributed by atoms with E-state index in [1.54, 1.807) is 36.4 Å². The number of carbonyl (C=O) groups excluding carboxylic acids is 4. The lowest BCUT2D eigenvalue weighted by Crippen LogP contribution is -2.12. The van der Waals surface area contributed by atoms with E-state index >= 15 is 0 Å². The molecule has 0 unspecified atom stereocenters. The van der Waals surface area contributed by atoms with Gasteiger partial charge in [0.2, 0.25) is 0 Å². The van der Waals surface area contributed by atoms with Crippen molar-refractivity contribution >= 4 is 34.6 Å². The van der Waals surface area contributed by atoms with Gasteiger partial charge in [-0.15, -0.1) is 0 Å². The van der Waals surface area contributed by atoms with Crippen molar-refractivity contribution in [3.8, 4) is 34.5 Å². The van der Waals surface area contributed by atoms with Gasteiger partial charge in [0.05, 0.1) is 35.5 Å². The molecule has 6 rings (SSSR count).